The van der Waals surface area contributed by atoms with Gasteiger partial charge in [-0.3, -0.25) is 24.6 Å². The highest BCUT2D eigenvalue weighted by molar-refractivity contribution is 5.78. The fourth-order valence-electron chi connectivity index (χ4n) is 5.15. The van der Waals surface area contributed by atoms with Crippen molar-refractivity contribution in [3.63, 3.8) is 0 Å². The molecule has 1 N–H and O–H groups in total. The van der Waals surface area contributed by atoms with E-state index in [2.05, 4.69) is 28.0 Å². The first kappa shape index (κ1) is 21.8. The molecule has 1 atom stereocenters. The van der Waals surface area contributed by atoms with Crippen molar-refractivity contribution in [3.05, 3.63) is 63.0 Å². The Balaban J connectivity index is 1.47. The van der Waals surface area contributed by atoms with Crippen LogP contribution in [0.15, 0.2) is 29.3 Å². The zero-order valence-electron chi connectivity index (χ0n) is 19.7. The largest absolute Gasteiger partial charge is 0.337 e. The third kappa shape index (κ3) is 4.08. The summed E-state index contributed by atoms with van der Waals surface area (Å²) in [5.74, 6) is 0.00553. The Kier molecular flexibility index (Phi) is 5.78. The number of nitrogens with one attached hydrogen (secondary N) is 1. The topological polar surface area (TPSA) is 86.6 Å². The molecular weight excluding hydrogens is 416 g/mol. The highest BCUT2D eigenvalue weighted by Gasteiger charge is 2.29. The van der Waals surface area contributed by atoms with Crippen molar-refractivity contribution < 1.29 is 4.79 Å². The van der Waals surface area contributed by atoms with Crippen LogP contribution in [0.4, 0.5) is 0 Å². The summed E-state index contributed by atoms with van der Waals surface area (Å²) < 4.78 is 1.57. The minimum atomic E-state index is -0.0881. The number of carbonyl (C=O) groups excluding carboxylic acids is 1. The first-order valence-electron chi connectivity index (χ1n) is 12.0. The first-order valence-corrected chi connectivity index (χ1v) is 12.0. The van der Waals surface area contributed by atoms with E-state index in [9.17, 15) is 9.59 Å². The number of fused-ring (bicyclic) bond motifs is 2. The van der Waals surface area contributed by atoms with Gasteiger partial charge in [0.25, 0.3) is 5.56 Å². The second kappa shape index (κ2) is 8.74. The number of rotatable bonds is 4. The summed E-state index contributed by atoms with van der Waals surface area (Å²) >= 11 is 0. The number of likely N-dealkylation sites (tertiary alicyclic amines) is 1. The van der Waals surface area contributed by atoms with Gasteiger partial charge in [-0.05, 0) is 43.5 Å². The van der Waals surface area contributed by atoms with Gasteiger partial charge in [0.05, 0.1) is 29.5 Å². The van der Waals surface area contributed by atoms with Gasteiger partial charge in [0.2, 0.25) is 5.91 Å². The van der Waals surface area contributed by atoms with Crippen molar-refractivity contribution in [2.45, 2.75) is 65.6 Å². The smallest absolute Gasteiger partial charge is 0.277 e. The second-order valence-corrected chi connectivity index (χ2v) is 9.70. The van der Waals surface area contributed by atoms with E-state index in [4.69, 9.17) is 4.98 Å². The van der Waals surface area contributed by atoms with Crippen molar-refractivity contribution >= 4 is 11.6 Å². The van der Waals surface area contributed by atoms with Crippen molar-refractivity contribution in [1.29, 1.82) is 0 Å². The summed E-state index contributed by atoms with van der Waals surface area (Å²) in [5.41, 5.74) is 5.56. The zero-order valence-corrected chi connectivity index (χ0v) is 19.7. The minimum absolute atomic E-state index is 0.0793. The van der Waals surface area contributed by atoms with Crippen LogP contribution in [-0.4, -0.2) is 48.4 Å². The third-order valence-electron chi connectivity index (χ3n) is 7.07. The maximum atomic E-state index is 13.4. The maximum absolute atomic E-state index is 13.4. The van der Waals surface area contributed by atoms with Gasteiger partial charge in [0, 0.05) is 43.9 Å². The standard InChI is InChI=1S/C25H32N6O2/c1-16(2)24(32)30-11-8-20-19(15-30)25(33)31-23(27-20)12-21(28-31)22-6-4-5-10-29(22)14-18-7-9-26-13-17(18)3/h7,9,12-13,16,22,28H,4-6,8,10-11,14-15H2,1-3H3/t22-/m1/s1. The van der Waals surface area contributed by atoms with Crippen LogP contribution in [0.2, 0.25) is 0 Å². The molecule has 0 bridgehead atoms. The minimum Gasteiger partial charge on any atom is -0.337 e. The number of pyridine rings is 1. The molecule has 1 saturated heterocycles. The molecule has 0 aliphatic carbocycles. The molecule has 2 aliphatic rings. The summed E-state index contributed by atoms with van der Waals surface area (Å²) in [4.78, 5) is 39.2. The number of H-pyrrole nitrogens is 1. The van der Waals surface area contributed by atoms with Crippen LogP contribution >= 0.6 is 0 Å². The number of aromatic nitrogens is 4. The molecule has 33 heavy (non-hydrogen) atoms. The lowest BCUT2D eigenvalue weighted by atomic mass is 9.98. The van der Waals surface area contributed by atoms with Crippen LogP contribution < -0.4 is 5.56 Å². The van der Waals surface area contributed by atoms with E-state index in [0.717, 1.165) is 37.3 Å². The van der Waals surface area contributed by atoms with E-state index >= 15 is 0 Å². The molecule has 5 rings (SSSR count). The van der Waals surface area contributed by atoms with E-state index < -0.39 is 0 Å². The molecule has 8 heteroatoms. The van der Waals surface area contributed by atoms with E-state index in [1.165, 1.54) is 17.5 Å². The number of hydrogen-bond donors (Lipinski definition) is 1. The summed E-state index contributed by atoms with van der Waals surface area (Å²) in [7, 11) is 0. The molecule has 0 saturated carbocycles. The first-order chi connectivity index (χ1) is 15.9. The van der Waals surface area contributed by atoms with Crippen LogP contribution in [0.5, 0.6) is 0 Å². The molecule has 5 heterocycles. The Bertz CT molecular complexity index is 1240. The van der Waals surface area contributed by atoms with Gasteiger partial charge in [-0.2, -0.15) is 0 Å². The monoisotopic (exact) mass is 448 g/mol. The number of piperidine rings is 1. The number of hydrogen-bond acceptors (Lipinski definition) is 5. The molecule has 0 aromatic carbocycles. The summed E-state index contributed by atoms with van der Waals surface area (Å²) in [6.45, 7) is 8.73. The maximum Gasteiger partial charge on any atom is 0.277 e. The molecule has 0 radical (unpaired) electrons. The van der Waals surface area contributed by atoms with E-state index in [1.54, 1.807) is 9.42 Å². The Morgan fingerprint density at radius 1 is 1.27 bits per heavy atom. The van der Waals surface area contributed by atoms with Crippen LogP contribution in [0.1, 0.15) is 67.2 Å². The fourth-order valence-corrected chi connectivity index (χ4v) is 5.15. The third-order valence-corrected chi connectivity index (χ3v) is 7.07. The summed E-state index contributed by atoms with van der Waals surface area (Å²) in [5, 5.41) is 3.37. The normalized spacial score (nSPS) is 19.3. The molecule has 8 nitrogen and oxygen atoms in total. The van der Waals surface area contributed by atoms with Gasteiger partial charge in [0.1, 0.15) is 0 Å². The molecule has 3 aromatic heterocycles. The van der Waals surface area contributed by atoms with Gasteiger partial charge >= 0.3 is 0 Å². The lowest BCUT2D eigenvalue weighted by Gasteiger charge is -2.35. The van der Waals surface area contributed by atoms with Crippen molar-refractivity contribution in [1.82, 2.24) is 29.4 Å². The Hall–Kier alpha value is -3.00. The van der Waals surface area contributed by atoms with Crippen LogP contribution in [0, 0.1) is 12.8 Å². The van der Waals surface area contributed by atoms with Gasteiger partial charge in [0.15, 0.2) is 5.65 Å². The number of carbonyl (C=O) groups is 1. The Labute approximate surface area is 193 Å². The van der Waals surface area contributed by atoms with Gasteiger partial charge in [-0.15, -0.1) is 0 Å². The highest BCUT2D eigenvalue weighted by Crippen LogP contribution is 2.32. The van der Waals surface area contributed by atoms with E-state index in [-0.39, 0.29) is 23.4 Å². The van der Waals surface area contributed by atoms with Gasteiger partial charge in [-0.25, -0.2) is 9.50 Å². The molecule has 0 spiro atoms. The highest BCUT2D eigenvalue weighted by atomic mass is 16.2. The lowest BCUT2D eigenvalue weighted by molar-refractivity contribution is -0.135. The average molecular weight is 449 g/mol. The number of amides is 1. The van der Waals surface area contributed by atoms with Crippen molar-refractivity contribution in [2.75, 3.05) is 13.1 Å². The van der Waals surface area contributed by atoms with Crippen LogP contribution in [0.25, 0.3) is 5.65 Å². The van der Waals surface area contributed by atoms with Crippen molar-refractivity contribution in [3.8, 4) is 0 Å². The van der Waals surface area contributed by atoms with Gasteiger partial charge in [-0.1, -0.05) is 20.3 Å². The molecule has 1 amide bonds. The number of nitrogens with zero attached hydrogens (tertiary/aromatic N) is 5. The van der Waals surface area contributed by atoms with Crippen molar-refractivity contribution in [2.24, 2.45) is 5.92 Å². The van der Waals surface area contributed by atoms with Gasteiger partial charge < -0.3 is 4.90 Å². The molecule has 2 aliphatic heterocycles. The second-order valence-electron chi connectivity index (χ2n) is 9.70. The molecule has 0 unspecified atom stereocenters. The summed E-state index contributed by atoms with van der Waals surface area (Å²) in [6.07, 6.45) is 7.77. The van der Waals surface area contributed by atoms with E-state index in [1.807, 2.05) is 32.3 Å². The predicted octanol–water partition coefficient (Wildman–Crippen LogP) is 2.99. The Morgan fingerprint density at radius 3 is 2.91 bits per heavy atom. The summed E-state index contributed by atoms with van der Waals surface area (Å²) in [6, 6.07) is 4.34. The Morgan fingerprint density at radius 2 is 2.12 bits per heavy atom. The quantitative estimate of drug-likeness (QED) is 0.663. The predicted molar refractivity (Wildman–Crippen MR) is 126 cm³/mol. The SMILES string of the molecule is Cc1cnccc1CN1CCCC[C@@H]1c1cc2nc3c(c(=O)n2[nH]1)CN(C(=O)C(C)C)CC3. The lowest BCUT2D eigenvalue weighted by Crippen LogP contribution is -2.41. The zero-order chi connectivity index (χ0) is 23.1. The van der Waals surface area contributed by atoms with Crippen LogP contribution in [0.3, 0.4) is 0 Å². The number of aryl methyl sites for hydroxylation is 1. The molecule has 1 fully saturated rings. The van der Waals surface area contributed by atoms with Crippen LogP contribution in [-0.2, 0) is 24.3 Å². The fraction of sp³-hybridized carbons (Fsp3) is 0.520. The molecule has 3 aromatic rings. The molecule has 174 valence electrons. The van der Waals surface area contributed by atoms with E-state index in [0.29, 0.717) is 30.7 Å². The average Bonchev–Trinajstić information content (AvgIpc) is 3.24. The number of aromatic amines is 1. The molecular formula is C25H32N6O2.